The fourth-order valence-corrected chi connectivity index (χ4v) is 4.51. The predicted octanol–water partition coefficient (Wildman–Crippen LogP) is 5.21. The van der Waals surface area contributed by atoms with Gasteiger partial charge in [-0.3, -0.25) is 14.2 Å². The number of methoxy groups -OCH3 is 1. The highest BCUT2D eigenvalue weighted by atomic mass is 32.2. The number of amides is 1. The number of carbonyl (C=O) groups is 1. The van der Waals surface area contributed by atoms with Crippen molar-refractivity contribution in [3.8, 4) is 17.2 Å². The lowest BCUT2D eigenvalue weighted by molar-refractivity contribution is -0.118. The van der Waals surface area contributed by atoms with Gasteiger partial charge in [-0.25, -0.2) is 10.4 Å². The number of benzene rings is 3. The van der Waals surface area contributed by atoms with Gasteiger partial charge in [0.25, 0.3) is 11.5 Å². The number of nitrogens with one attached hydrogen (secondary N) is 1. The summed E-state index contributed by atoms with van der Waals surface area (Å²) in [4.78, 5) is 30.5. The molecule has 9 heteroatoms. The molecule has 1 aromatic heterocycles. The average molecular weight is 531 g/mol. The zero-order chi connectivity index (χ0) is 26.7. The fourth-order valence-electron chi connectivity index (χ4n) is 3.70. The van der Waals surface area contributed by atoms with Gasteiger partial charge in [-0.05, 0) is 72.6 Å². The van der Waals surface area contributed by atoms with E-state index < -0.39 is 0 Å². The molecule has 4 rings (SSSR count). The Bertz CT molecular complexity index is 1450. The molecule has 1 N–H and O–H groups in total. The van der Waals surface area contributed by atoms with E-state index >= 15 is 0 Å². The number of hydrazone groups is 1. The molecule has 0 fully saturated rings. The molecule has 4 aromatic rings. The minimum absolute atomic E-state index is 0.0306. The van der Waals surface area contributed by atoms with Gasteiger partial charge in [-0.1, -0.05) is 43.7 Å². The molecule has 0 radical (unpaired) electrons. The van der Waals surface area contributed by atoms with E-state index in [-0.39, 0.29) is 17.2 Å². The first-order valence-electron chi connectivity index (χ1n) is 12.4. The maximum atomic E-state index is 13.3. The van der Waals surface area contributed by atoms with Gasteiger partial charge in [-0.2, -0.15) is 5.10 Å². The van der Waals surface area contributed by atoms with Crippen molar-refractivity contribution in [1.82, 2.24) is 15.0 Å². The number of para-hydroxylation sites is 1. The van der Waals surface area contributed by atoms with Crippen LogP contribution in [0.1, 0.15) is 31.7 Å². The molecule has 1 amide bonds. The maximum Gasteiger partial charge on any atom is 0.266 e. The van der Waals surface area contributed by atoms with Crippen LogP contribution in [0.4, 0.5) is 0 Å². The molecule has 1 heterocycles. The van der Waals surface area contributed by atoms with Crippen molar-refractivity contribution in [2.24, 2.45) is 5.10 Å². The van der Waals surface area contributed by atoms with E-state index in [1.807, 2.05) is 30.3 Å². The molecule has 0 spiro atoms. The first-order chi connectivity index (χ1) is 18.6. The Hall–Kier alpha value is -4.11. The summed E-state index contributed by atoms with van der Waals surface area (Å²) in [6, 6.07) is 21.8. The number of hydrogen-bond acceptors (Lipinski definition) is 7. The Morgan fingerprint density at radius 3 is 2.50 bits per heavy atom. The van der Waals surface area contributed by atoms with Crippen molar-refractivity contribution in [3.63, 3.8) is 0 Å². The standard InChI is InChI=1S/C29H30N4O4S/c1-3-4-7-18-37-24-14-10-21(11-15-24)19-30-32-27(34)20-38-29-31-26-9-6-5-8-25(26)28(35)33(29)22-12-16-23(36-2)17-13-22/h5-6,8-17,19H,3-4,7,18,20H2,1-2H3,(H,32,34). The van der Waals surface area contributed by atoms with Crippen molar-refractivity contribution in [2.75, 3.05) is 19.5 Å². The molecule has 0 aliphatic rings. The number of rotatable bonds is 12. The van der Waals surface area contributed by atoms with Gasteiger partial charge in [0.15, 0.2) is 5.16 Å². The van der Waals surface area contributed by atoms with E-state index in [0.29, 0.717) is 34.1 Å². The minimum atomic E-state index is -0.314. The summed E-state index contributed by atoms with van der Waals surface area (Å²) in [5, 5.41) is 4.96. The summed E-state index contributed by atoms with van der Waals surface area (Å²) in [5.74, 6) is 1.20. The molecule has 196 valence electrons. The van der Waals surface area contributed by atoms with Gasteiger partial charge in [0.05, 0.1) is 42.3 Å². The van der Waals surface area contributed by atoms with Gasteiger partial charge >= 0.3 is 0 Å². The highest BCUT2D eigenvalue weighted by molar-refractivity contribution is 7.99. The molecule has 0 saturated heterocycles. The summed E-state index contributed by atoms with van der Waals surface area (Å²) in [7, 11) is 1.58. The van der Waals surface area contributed by atoms with Crippen molar-refractivity contribution in [2.45, 2.75) is 31.3 Å². The van der Waals surface area contributed by atoms with E-state index in [9.17, 15) is 9.59 Å². The topological polar surface area (TPSA) is 94.8 Å². The van der Waals surface area contributed by atoms with Crippen LogP contribution >= 0.6 is 11.8 Å². The van der Waals surface area contributed by atoms with Crippen LogP contribution < -0.4 is 20.5 Å². The van der Waals surface area contributed by atoms with Crippen LogP contribution in [0.2, 0.25) is 0 Å². The molecule has 0 aliphatic carbocycles. The van der Waals surface area contributed by atoms with E-state index in [1.54, 1.807) is 55.8 Å². The smallest absolute Gasteiger partial charge is 0.266 e. The Labute approximate surface area is 225 Å². The van der Waals surface area contributed by atoms with Crippen LogP contribution in [-0.2, 0) is 4.79 Å². The van der Waals surface area contributed by atoms with Crippen LogP contribution in [-0.4, -0.2) is 41.1 Å². The van der Waals surface area contributed by atoms with Crippen molar-refractivity contribution < 1.29 is 14.3 Å². The number of aromatic nitrogens is 2. The second-order valence-corrected chi connectivity index (χ2v) is 9.40. The zero-order valence-corrected chi connectivity index (χ0v) is 22.2. The molecule has 3 aromatic carbocycles. The predicted molar refractivity (Wildman–Crippen MR) is 152 cm³/mol. The first-order valence-corrected chi connectivity index (χ1v) is 13.4. The number of hydrogen-bond donors (Lipinski definition) is 1. The fraction of sp³-hybridized carbons (Fsp3) is 0.241. The van der Waals surface area contributed by atoms with Gasteiger partial charge in [-0.15, -0.1) is 0 Å². The zero-order valence-electron chi connectivity index (χ0n) is 21.4. The highest BCUT2D eigenvalue weighted by Gasteiger charge is 2.15. The van der Waals surface area contributed by atoms with Crippen molar-refractivity contribution >= 4 is 34.8 Å². The molecule has 0 aliphatic heterocycles. The third kappa shape index (κ3) is 7.01. The SMILES string of the molecule is CCCCCOc1ccc(C=NNC(=O)CSc2nc3ccccc3c(=O)n2-c2ccc(OC)cc2)cc1. The average Bonchev–Trinajstić information content (AvgIpc) is 2.95. The molecule has 38 heavy (non-hydrogen) atoms. The normalized spacial score (nSPS) is 11.1. The quantitative estimate of drug-likeness (QED) is 0.0889. The van der Waals surface area contributed by atoms with E-state index in [4.69, 9.17) is 9.47 Å². The van der Waals surface area contributed by atoms with Crippen molar-refractivity contribution in [3.05, 3.63) is 88.7 Å². The molecular formula is C29H30N4O4S. The van der Waals surface area contributed by atoms with E-state index in [1.165, 1.54) is 16.3 Å². The monoisotopic (exact) mass is 530 g/mol. The third-order valence-corrected chi connectivity index (χ3v) is 6.65. The summed E-state index contributed by atoms with van der Waals surface area (Å²) in [5.41, 5.74) is 4.37. The number of ether oxygens (including phenoxy) is 2. The number of carbonyl (C=O) groups excluding carboxylic acids is 1. The highest BCUT2D eigenvalue weighted by Crippen LogP contribution is 2.22. The lowest BCUT2D eigenvalue weighted by Gasteiger charge is -2.13. The lowest BCUT2D eigenvalue weighted by Crippen LogP contribution is -2.24. The van der Waals surface area contributed by atoms with Gasteiger partial charge in [0.2, 0.25) is 0 Å². The second kappa shape index (κ2) is 13.4. The molecule has 0 saturated carbocycles. The largest absolute Gasteiger partial charge is 0.497 e. The van der Waals surface area contributed by atoms with E-state index in [0.717, 1.165) is 30.6 Å². The number of fused-ring (bicyclic) bond motifs is 1. The Kier molecular flexibility index (Phi) is 9.53. The summed E-state index contributed by atoms with van der Waals surface area (Å²) in [6.45, 7) is 2.86. The molecule has 0 bridgehead atoms. The van der Waals surface area contributed by atoms with Crippen LogP contribution in [0.15, 0.2) is 87.8 Å². The number of unbranched alkanes of at least 4 members (excludes halogenated alkanes) is 2. The maximum absolute atomic E-state index is 13.3. The van der Waals surface area contributed by atoms with Gasteiger partial charge < -0.3 is 9.47 Å². The second-order valence-electron chi connectivity index (χ2n) is 8.46. The van der Waals surface area contributed by atoms with Crippen LogP contribution in [0.3, 0.4) is 0 Å². The Morgan fingerprint density at radius 1 is 1.03 bits per heavy atom. The number of thioether (sulfide) groups is 1. The molecule has 0 unspecified atom stereocenters. The Morgan fingerprint density at radius 2 is 1.76 bits per heavy atom. The van der Waals surface area contributed by atoms with E-state index in [2.05, 4.69) is 22.4 Å². The summed E-state index contributed by atoms with van der Waals surface area (Å²) in [6.07, 6.45) is 4.92. The van der Waals surface area contributed by atoms with Crippen LogP contribution in [0, 0.1) is 0 Å². The lowest BCUT2D eigenvalue weighted by atomic mass is 10.2. The minimum Gasteiger partial charge on any atom is -0.497 e. The molecular weight excluding hydrogens is 500 g/mol. The summed E-state index contributed by atoms with van der Waals surface area (Å²) >= 11 is 1.17. The van der Waals surface area contributed by atoms with Gasteiger partial charge in [0, 0.05) is 0 Å². The van der Waals surface area contributed by atoms with Crippen LogP contribution in [0.5, 0.6) is 11.5 Å². The van der Waals surface area contributed by atoms with Crippen LogP contribution in [0.25, 0.3) is 16.6 Å². The first kappa shape index (κ1) is 26.9. The molecule has 0 atom stereocenters. The van der Waals surface area contributed by atoms with Crippen molar-refractivity contribution in [1.29, 1.82) is 0 Å². The Balaban J connectivity index is 1.41. The summed E-state index contributed by atoms with van der Waals surface area (Å²) < 4.78 is 12.5. The van der Waals surface area contributed by atoms with Gasteiger partial charge in [0.1, 0.15) is 11.5 Å². The third-order valence-electron chi connectivity index (χ3n) is 5.71. The number of nitrogens with zero attached hydrogens (tertiary/aromatic N) is 3. The molecule has 8 nitrogen and oxygen atoms in total.